The summed E-state index contributed by atoms with van der Waals surface area (Å²) in [5.41, 5.74) is 1.48. The Morgan fingerprint density at radius 3 is 2.70 bits per heavy atom. The Morgan fingerprint density at radius 2 is 2.05 bits per heavy atom. The van der Waals surface area contributed by atoms with Crippen LogP contribution >= 0.6 is 11.6 Å². The number of benzene rings is 1. The molecule has 5 heteroatoms. The average molecular weight is 290 g/mol. The minimum atomic E-state index is 0.00103. The Hall–Kier alpha value is -2.07. The highest BCUT2D eigenvalue weighted by Crippen LogP contribution is 2.24. The number of amides is 1. The quantitative estimate of drug-likeness (QED) is 0.866. The molecule has 0 aliphatic heterocycles. The van der Waals surface area contributed by atoms with Crippen LogP contribution in [0.2, 0.25) is 5.02 Å². The number of carbonyl (C=O) groups excluding carboxylic acids is 1. The molecule has 0 atom stereocenters. The molecule has 20 heavy (non-hydrogen) atoms. The second kappa shape index (κ2) is 6.91. The molecule has 2 aromatic rings. The van der Waals surface area contributed by atoms with Gasteiger partial charge in [0, 0.05) is 6.42 Å². The first-order valence-corrected chi connectivity index (χ1v) is 6.84. The summed E-state index contributed by atoms with van der Waals surface area (Å²) in [6, 6.07) is 11.1. The van der Waals surface area contributed by atoms with E-state index in [1.807, 2.05) is 31.2 Å². The van der Waals surface area contributed by atoms with Crippen LogP contribution in [0.5, 0.6) is 0 Å². The summed E-state index contributed by atoms with van der Waals surface area (Å²) < 4.78 is 0. The molecule has 0 saturated carbocycles. The van der Waals surface area contributed by atoms with E-state index in [0.29, 0.717) is 22.9 Å². The standard InChI is InChI=1S/C15H16ClN3O/c1-2-5-15(20)18-11-8-9-14(17-10-11)19-13-7-4-3-6-12(13)16/h3-4,6-10H,2,5H2,1H3,(H,17,19)(H,18,20). The van der Waals surface area contributed by atoms with E-state index in [4.69, 9.17) is 11.6 Å². The molecule has 0 bridgehead atoms. The fourth-order valence-corrected chi connectivity index (χ4v) is 1.88. The van der Waals surface area contributed by atoms with Gasteiger partial charge in [-0.3, -0.25) is 4.79 Å². The Balaban J connectivity index is 2.02. The molecule has 4 nitrogen and oxygen atoms in total. The summed E-state index contributed by atoms with van der Waals surface area (Å²) in [4.78, 5) is 15.7. The SMILES string of the molecule is CCCC(=O)Nc1ccc(Nc2ccccc2Cl)nc1. The zero-order chi connectivity index (χ0) is 14.4. The third kappa shape index (κ3) is 3.96. The maximum atomic E-state index is 11.5. The molecule has 2 rings (SSSR count). The fourth-order valence-electron chi connectivity index (χ4n) is 1.69. The van der Waals surface area contributed by atoms with Gasteiger partial charge in [0.05, 0.1) is 22.6 Å². The molecule has 0 radical (unpaired) electrons. The molecule has 0 spiro atoms. The van der Waals surface area contributed by atoms with E-state index in [1.54, 1.807) is 18.3 Å². The second-order valence-corrected chi connectivity index (χ2v) is 4.74. The number of pyridine rings is 1. The van der Waals surface area contributed by atoms with E-state index in [2.05, 4.69) is 15.6 Å². The van der Waals surface area contributed by atoms with Crippen LogP contribution in [0.25, 0.3) is 0 Å². The van der Waals surface area contributed by atoms with Crippen molar-refractivity contribution in [3.63, 3.8) is 0 Å². The lowest BCUT2D eigenvalue weighted by molar-refractivity contribution is -0.116. The molecular formula is C15H16ClN3O. The van der Waals surface area contributed by atoms with Crippen LogP contribution in [0, 0.1) is 0 Å². The van der Waals surface area contributed by atoms with E-state index in [0.717, 1.165) is 12.1 Å². The summed E-state index contributed by atoms with van der Waals surface area (Å²) >= 11 is 6.06. The lowest BCUT2D eigenvalue weighted by Crippen LogP contribution is -2.10. The van der Waals surface area contributed by atoms with E-state index in [1.165, 1.54) is 0 Å². The highest BCUT2D eigenvalue weighted by molar-refractivity contribution is 6.33. The minimum Gasteiger partial charge on any atom is -0.339 e. The van der Waals surface area contributed by atoms with Crippen LogP contribution < -0.4 is 10.6 Å². The van der Waals surface area contributed by atoms with Gasteiger partial charge in [-0.05, 0) is 30.7 Å². The summed E-state index contributed by atoms with van der Waals surface area (Å²) in [7, 11) is 0. The van der Waals surface area contributed by atoms with E-state index >= 15 is 0 Å². The summed E-state index contributed by atoms with van der Waals surface area (Å²) in [5, 5.41) is 6.55. The molecule has 1 amide bonds. The van der Waals surface area contributed by atoms with Crippen LogP contribution in [-0.2, 0) is 4.79 Å². The van der Waals surface area contributed by atoms with Crippen LogP contribution in [0.15, 0.2) is 42.6 Å². The van der Waals surface area contributed by atoms with Crippen molar-refractivity contribution in [1.29, 1.82) is 0 Å². The fraction of sp³-hybridized carbons (Fsp3) is 0.200. The van der Waals surface area contributed by atoms with Gasteiger partial charge in [0.25, 0.3) is 0 Å². The van der Waals surface area contributed by atoms with Gasteiger partial charge in [0.15, 0.2) is 0 Å². The number of anilines is 3. The number of aromatic nitrogens is 1. The third-order valence-electron chi connectivity index (χ3n) is 2.66. The minimum absolute atomic E-state index is 0.00103. The van der Waals surface area contributed by atoms with Gasteiger partial charge in [-0.1, -0.05) is 30.7 Å². The number of nitrogens with one attached hydrogen (secondary N) is 2. The number of halogens is 1. The number of hydrogen-bond donors (Lipinski definition) is 2. The maximum Gasteiger partial charge on any atom is 0.224 e. The van der Waals surface area contributed by atoms with Crippen molar-refractivity contribution in [3.05, 3.63) is 47.6 Å². The zero-order valence-electron chi connectivity index (χ0n) is 11.2. The number of para-hydroxylation sites is 1. The van der Waals surface area contributed by atoms with Crippen LogP contribution in [-0.4, -0.2) is 10.9 Å². The van der Waals surface area contributed by atoms with Gasteiger partial charge in [-0.15, -0.1) is 0 Å². The normalized spacial score (nSPS) is 10.1. The first kappa shape index (κ1) is 14.3. The third-order valence-corrected chi connectivity index (χ3v) is 2.99. The van der Waals surface area contributed by atoms with Crippen molar-refractivity contribution in [2.24, 2.45) is 0 Å². The van der Waals surface area contributed by atoms with Crippen molar-refractivity contribution in [1.82, 2.24) is 4.98 Å². The largest absolute Gasteiger partial charge is 0.339 e. The number of rotatable bonds is 5. The number of hydrogen-bond acceptors (Lipinski definition) is 3. The zero-order valence-corrected chi connectivity index (χ0v) is 11.9. The molecule has 2 N–H and O–H groups in total. The second-order valence-electron chi connectivity index (χ2n) is 4.34. The van der Waals surface area contributed by atoms with Crippen molar-refractivity contribution in [3.8, 4) is 0 Å². The molecule has 0 fully saturated rings. The average Bonchev–Trinajstić information content (AvgIpc) is 2.44. The van der Waals surface area contributed by atoms with Crippen molar-refractivity contribution >= 4 is 34.7 Å². The first-order valence-electron chi connectivity index (χ1n) is 6.46. The predicted molar refractivity (Wildman–Crippen MR) is 82.5 cm³/mol. The van der Waals surface area contributed by atoms with Crippen LogP contribution in [0.4, 0.5) is 17.2 Å². The number of nitrogens with zero attached hydrogens (tertiary/aromatic N) is 1. The molecule has 1 heterocycles. The molecule has 104 valence electrons. The first-order chi connectivity index (χ1) is 9.69. The smallest absolute Gasteiger partial charge is 0.224 e. The van der Waals surface area contributed by atoms with Gasteiger partial charge >= 0.3 is 0 Å². The Kier molecular flexibility index (Phi) is 4.96. The number of carbonyl (C=O) groups is 1. The molecule has 0 unspecified atom stereocenters. The van der Waals surface area contributed by atoms with Gasteiger partial charge in [-0.25, -0.2) is 4.98 Å². The van der Waals surface area contributed by atoms with Crippen molar-refractivity contribution < 1.29 is 4.79 Å². The van der Waals surface area contributed by atoms with E-state index in [-0.39, 0.29) is 5.91 Å². The van der Waals surface area contributed by atoms with E-state index in [9.17, 15) is 4.79 Å². The summed E-state index contributed by atoms with van der Waals surface area (Å²) in [5.74, 6) is 0.674. The van der Waals surface area contributed by atoms with Crippen molar-refractivity contribution in [2.45, 2.75) is 19.8 Å². The highest BCUT2D eigenvalue weighted by atomic mass is 35.5. The van der Waals surface area contributed by atoms with Gasteiger partial charge in [-0.2, -0.15) is 0 Å². The topological polar surface area (TPSA) is 54.0 Å². The summed E-state index contributed by atoms with van der Waals surface area (Å²) in [6.45, 7) is 1.97. The predicted octanol–water partition coefficient (Wildman–Crippen LogP) is 4.22. The Labute approximate surface area is 123 Å². The lowest BCUT2D eigenvalue weighted by atomic mass is 10.3. The molecule has 0 saturated heterocycles. The van der Waals surface area contributed by atoms with Gasteiger partial charge < -0.3 is 10.6 Å². The van der Waals surface area contributed by atoms with E-state index < -0.39 is 0 Å². The van der Waals surface area contributed by atoms with Crippen LogP contribution in [0.3, 0.4) is 0 Å². The molecule has 0 aliphatic carbocycles. The lowest BCUT2D eigenvalue weighted by Gasteiger charge is -2.08. The monoisotopic (exact) mass is 289 g/mol. The molecular weight excluding hydrogens is 274 g/mol. The Bertz CT molecular complexity index is 584. The highest BCUT2D eigenvalue weighted by Gasteiger charge is 2.03. The Morgan fingerprint density at radius 1 is 1.25 bits per heavy atom. The molecule has 0 aliphatic rings. The van der Waals surface area contributed by atoms with Crippen LogP contribution in [0.1, 0.15) is 19.8 Å². The van der Waals surface area contributed by atoms with Gasteiger partial charge in [0.2, 0.25) is 5.91 Å². The summed E-state index contributed by atoms with van der Waals surface area (Å²) in [6.07, 6.45) is 2.96. The molecule has 1 aromatic heterocycles. The maximum absolute atomic E-state index is 11.5. The molecule has 1 aromatic carbocycles. The van der Waals surface area contributed by atoms with Crippen molar-refractivity contribution in [2.75, 3.05) is 10.6 Å². The van der Waals surface area contributed by atoms with Gasteiger partial charge in [0.1, 0.15) is 5.82 Å².